The molecule has 1 aliphatic rings. The molecule has 3 aromatic carbocycles. The zero-order valence-electron chi connectivity index (χ0n) is 34.9. The quantitative estimate of drug-likeness (QED) is 0.0306. The van der Waals surface area contributed by atoms with E-state index in [1.54, 1.807) is 12.1 Å². The molecule has 332 valence electrons. The molecule has 62 heavy (non-hydrogen) atoms. The second kappa shape index (κ2) is 21.5. The van der Waals surface area contributed by atoms with Gasteiger partial charge in [-0.3, -0.25) is 9.11 Å². The summed E-state index contributed by atoms with van der Waals surface area (Å²) in [5.74, 6) is 0.669. The van der Waals surface area contributed by atoms with Gasteiger partial charge in [-0.15, -0.1) is 10.2 Å². The molecular formula is C39H49N11O9S3. The first kappa shape index (κ1) is 47.5. The van der Waals surface area contributed by atoms with Gasteiger partial charge in [-0.25, -0.2) is 0 Å². The Bertz CT molecular complexity index is 2550. The van der Waals surface area contributed by atoms with Gasteiger partial charge in [0.15, 0.2) is 5.16 Å². The standard InChI is InChI=1S/C39H49N11O9S3/c1-7-49(8-2)25-11-15-29(45-47-33-23-27(61(52,53)54)13-17-35(33)58-5)31(21-25)40-37-42-38(44-39(43-37)60-20-19-51)41-32-22-26(50(9-3)10-4)12-16-30(32)46-48-34-24-28(62(55,56)57)14-18-36(34)59-6/h11-18,21-24,33,35,51H,7-10,19-20H2,1-6H3,(H,52,53,54)(H,55,56,57)(H2,40,41,42,43,44)/b47-45+,48-46+. The summed E-state index contributed by atoms with van der Waals surface area (Å²) in [6.45, 7) is 10.7. The van der Waals surface area contributed by atoms with Gasteiger partial charge in [0.05, 0.1) is 34.9 Å². The van der Waals surface area contributed by atoms with Crippen molar-refractivity contribution >= 4 is 83.7 Å². The van der Waals surface area contributed by atoms with E-state index in [1.807, 2.05) is 52.0 Å². The number of hydrogen-bond donors (Lipinski definition) is 5. The third-order valence-corrected chi connectivity index (χ3v) is 11.9. The van der Waals surface area contributed by atoms with Gasteiger partial charge in [-0.05, 0) is 94.4 Å². The number of ether oxygens (including phenoxy) is 2. The van der Waals surface area contributed by atoms with Crippen LogP contribution in [0, 0.1) is 0 Å². The minimum absolute atomic E-state index is 0.0446. The fourth-order valence-electron chi connectivity index (χ4n) is 6.16. The maximum absolute atomic E-state index is 11.9. The highest BCUT2D eigenvalue weighted by Crippen LogP contribution is 2.38. The number of nitrogens with zero attached hydrogens (tertiary/aromatic N) is 9. The smallest absolute Gasteiger partial charge is 0.294 e. The van der Waals surface area contributed by atoms with Crippen LogP contribution in [0.5, 0.6) is 5.75 Å². The largest absolute Gasteiger partial charge is 0.494 e. The van der Waals surface area contributed by atoms with Crippen LogP contribution in [0.4, 0.5) is 51.7 Å². The van der Waals surface area contributed by atoms with E-state index in [2.05, 4.69) is 50.9 Å². The molecule has 20 nitrogen and oxygen atoms in total. The lowest BCUT2D eigenvalue weighted by molar-refractivity contribution is 0.128. The highest BCUT2D eigenvalue weighted by atomic mass is 32.2. The van der Waals surface area contributed by atoms with Gasteiger partial charge >= 0.3 is 0 Å². The molecule has 2 unspecified atom stereocenters. The highest BCUT2D eigenvalue weighted by molar-refractivity contribution is 7.99. The van der Waals surface area contributed by atoms with Gasteiger partial charge in [0.1, 0.15) is 35.0 Å². The summed E-state index contributed by atoms with van der Waals surface area (Å²) < 4.78 is 77.9. The summed E-state index contributed by atoms with van der Waals surface area (Å²) in [6.07, 6.45) is 3.32. The van der Waals surface area contributed by atoms with E-state index in [-0.39, 0.29) is 50.7 Å². The van der Waals surface area contributed by atoms with E-state index in [0.29, 0.717) is 48.9 Å². The van der Waals surface area contributed by atoms with E-state index in [4.69, 9.17) is 14.5 Å². The number of allylic oxidation sites excluding steroid dienone is 1. The second-order valence-electron chi connectivity index (χ2n) is 13.2. The first-order valence-electron chi connectivity index (χ1n) is 19.3. The highest BCUT2D eigenvalue weighted by Gasteiger charge is 2.25. The number of azo groups is 2. The van der Waals surface area contributed by atoms with Crippen LogP contribution >= 0.6 is 11.8 Å². The zero-order valence-corrected chi connectivity index (χ0v) is 37.3. The third kappa shape index (κ3) is 12.3. The molecular weight excluding hydrogens is 863 g/mol. The van der Waals surface area contributed by atoms with Crippen molar-refractivity contribution in [3.63, 3.8) is 0 Å². The Morgan fingerprint density at radius 2 is 1.31 bits per heavy atom. The summed E-state index contributed by atoms with van der Waals surface area (Å²) in [4.78, 5) is 17.5. The Kier molecular flexibility index (Phi) is 16.5. The second-order valence-corrected chi connectivity index (χ2v) is 17.1. The van der Waals surface area contributed by atoms with E-state index >= 15 is 0 Å². The topological polar surface area (TPSA) is 266 Å². The van der Waals surface area contributed by atoms with Gasteiger partial charge in [-0.2, -0.15) is 42.0 Å². The molecule has 1 heterocycles. The molecule has 0 amide bonds. The average Bonchev–Trinajstić information content (AvgIpc) is 3.25. The van der Waals surface area contributed by atoms with Crippen molar-refractivity contribution in [3.05, 3.63) is 77.7 Å². The van der Waals surface area contributed by atoms with Crippen LogP contribution in [0.1, 0.15) is 27.7 Å². The monoisotopic (exact) mass is 911 g/mol. The predicted molar refractivity (Wildman–Crippen MR) is 239 cm³/mol. The van der Waals surface area contributed by atoms with Crippen LogP contribution in [0.25, 0.3) is 0 Å². The normalized spacial score (nSPS) is 15.5. The fourth-order valence-corrected chi connectivity index (χ4v) is 7.80. The molecule has 0 aliphatic heterocycles. The molecule has 2 atom stereocenters. The molecule has 1 aromatic heterocycles. The summed E-state index contributed by atoms with van der Waals surface area (Å²) >= 11 is 1.19. The van der Waals surface area contributed by atoms with Crippen molar-refractivity contribution in [1.29, 1.82) is 0 Å². The molecule has 0 radical (unpaired) electrons. The molecule has 4 aromatic rings. The molecule has 1 aliphatic carbocycles. The fraction of sp³-hybridized carbons (Fsp3) is 0.359. The zero-order chi connectivity index (χ0) is 45.0. The summed E-state index contributed by atoms with van der Waals surface area (Å²) in [7, 11) is -6.22. The van der Waals surface area contributed by atoms with Gasteiger partial charge in [-0.1, -0.05) is 17.8 Å². The van der Waals surface area contributed by atoms with Crippen LogP contribution < -0.4 is 25.2 Å². The molecule has 0 saturated carbocycles. The van der Waals surface area contributed by atoms with Crippen LogP contribution in [-0.4, -0.2) is 111 Å². The van der Waals surface area contributed by atoms with Crippen LogP contribution in [0.15, 0.2) is 108 Å². The summed E-state index contributed by atoms with van der Waals surface area (Å²) in [6, 6.07) is 13.7. The molecule has 5 N–H and O–H groups in total. The summed E-state index contributed by atoms with van der Waals surface area (Å²) in [5.41, 5.74) is 3.25. The average molecular weight is 912 g/mol. The Morgan fingerprint density at radius 1 is 0.742 bits per heavy atom. The number of aromatic nitrogens is 3. The number of hydrogen-bond acceptors (Lipinski definition) is 19. The number of aliphatic hydroxyl groups is 1. The lowest BCUT2D eigenvalue weighted by Gasteiger charge is -2.23. The Balaban J connectivity index is 1.60. The number of methoxy groups -OCH3 is 2. The maximum Gasteiger partial charge on any atom is 0.294 e. The Labute approximate surface area is 364 Å². The molecule has 0 saturated heterocycles. The molecule has 5 rings (SSSR count). The first-order valence-corrected chi connectivity index (χ1v) is 23.2. The van der Waals surface area contributed by atoms with Crippen LogP contribution in [-0.2, 0) is 25.0 Å². The molecule has 23 heteroatoms. The number of thioether (sulfide) groups is 1. The SMILES string of the molecule is CCN(CC)c1ccc(/N=N/c2cc(S(=O)(=O)O)ccc2OC)c(Nc2nc(Nc3cc(N(CC)CC)ccc3/N=N/C3C=C(S(=O)(=O)O)C=CC3OC)nc(SCCO)n2)c1. The van der Waals surface area contributed by atoms with Crippen LogP contribution in [0.3, 0.4) is 0 Å². The molecule has 0 fully saturated rings. The third-order valence-electron chi connectivity index (χ3n) is 9.35. The van der Waals surface area contributed by atoms with Gasteiger partial charge in [0.2, 0.25) is 11.9 Å². The Morgan fingerprint density at radius 3 is 1.81 bits per heavy atom. The predicted octanol–water partition coefficient (Wildman–Crippen LogP) is 7.62. The first-order chi connectivity index (χ1) is 29.6. The van der Waals surface area contributed by atoms with Gasteiger partial charge in [0.25, 0.3) is 20.2 Å². The van der Waals surface area contributed by atoms with Crippen LogP contribution in [0.2, 0.25) is 0 Å². The van der Waals surface area contributed by atoms with E-state index < -0.39 is 32.4 Å². The van der Waals surface area contributed by atoms with Crippen molar-refractivity contribution in [2.75, 3.05) is 73.2 Å². The van der Waals surface area contributed by atoms with Crippen molar-refractivity contribution in [2.24, 2.45) is 20.5 Å². The number of aliphatic hydroxyl groups excluding tert-OH is 1. The minimum atomic E-state index is -4.54. The van der Waals surface area contributed by atoms with E-state index in [1.165, 1.54) is 56.3 Å². The number of rotatable bonds is 21. The number of nitrogens with one attached hydrogen (secondary N) is 2. The van der Waals surface area contributed by atoms with E-state index in [0.717, 1.165) is 17.4 Å². The lowest BCUT2D eigenvalue weighted by atomic mass is 10.1. The van der Waals surface area contributed by atoms with Crippen molar-refractivity contribution in [1.82, 2.24) is 15.0 Å². The lowest BCUT2D eigenvalue weighted by Crippen LogP contribution is -2.26. The van der Waals surface area contributed by atoms with E-state index in [9.17, 15) is 31.0 Å². The van der Waals surface area contributed by atoms with Crippen molar-refractivity contribution < 1.29 is 40.5 Å². The van der Waals surface area contributed by atoms with Gasteiger partial charge < -0.3 is 35.0 Å². The number of benzene rings is 3. The summed E-state index contributed by atoms with van der Waals surface area (Å²) in [5, 5.41) is 34.1. The van der Waals surface area contributed by atoms with Gasteiger partial charge in [0, 0.05) is 50.4 Å². The number of anilines is 6. The van der Waals surface area contributed by atoms with Crippen molar-refractivity contribution in [3.8, 4) is 5.75 Å². The van der Waals surface area contributed by atoms with Crippen molar-refractivity contribution in [2.45, 2.75) is 49.9 Å². The molecule has 0 bridgehead atoms. The molecule has 0 spiro atoms. The Hall–Kier alpha value is -5.56. The maximum atomic E-state index is 11.9. The minimum Gasteiger partial charge on any atom is -0.494 e.